The molecule has 0 N–H and O–H groups in total. The molecule has 1 fully saturated rings. The zero-order chi connectivity index (χ0) is 21.2. The van der Waals surface area contributed by atoms with E-state index in [-0.39, 0.29) is 12.4 Å². The summed E-state index contributed by atoms with van der Waals surface area (Å²) in [4.78, 5) is 38.9. The minimum atomic E-state index is -1.15. The monoisotopic (exact) mass is 394 g/mol. The van der Waals surface area contributed by atoms with Crippen molar-refractivity contribution in [1.82, 2.24) is 0 Å². The predicted molar refractivity (Wildman–Crippen MR) is 108 cm³/mol. The summed E-state index contributed by atoms with van der Waals surface area (Å²) < 4.78 is 10.7. The van der Waals surface area contributed by atoms with Gasteiger partial charge in [-0.2, -0.15) is 0 Å². The Bertz CT molecular complexity index is 899. The Labute approximate surface area is 171 Å². The Morgan fingerprint density at radius 1 is 1.07 bits per heavy atom. The first-order valence-electron chi connectivity index (χ1n) is 9.81. The van der Waals surface area contributed by atoms with Gasteiger partial charge in [0.05, 0.1) is 12.5 Å². The molecule has 1 aliphatic rings. The number of ketones is 1. The lowest BCUT2D eigenvalue weighted by Crippen LogP contribution is -2.41. The number of aryl methyl sites for hydroxylation is 1. The van der Waals surface area contributed by atoms with Gasteiger partial charge in [0.1, 0.15) is 5.60 Å². The molecule has 3 atom stereocenters. The Balaban J connectivity index is 2.13. The molecule has 0 bridgehead atoms. The van der Waals surface area contributed by atoms with Crippen LogP contribution in [-0.4, -0.2) is 29.9 Å². The van der Waals surface area contributed by atoms with Crippen LogP contribution >= 0.6 is 0 Å². The summed E-state index contributed by atoms with van der Waals surface area (Å²) in [5.74, 6) is -4.01. The van der Waals surface area contributed by atoms with E-state index in [0.29, 0.717) is 5.56 Å². The summed E-state index contributed by atoms with van der Waals surface area (Å²) in [6.45, 7) is 7.27. The molecule has 0 aromatic heterocycles. The molecule has 0 aliphatic carbocycles. The SMILES string of the molecule is CCOC(=O)C1C(=O)OC(C)(C)C1C(C(=O)c1ccc(C)cc1)c1ccccc1. The molecule has 29 heavy (non-hydrogen) atoms. The molecule has 2 aromatic carbocycles. The van der Waals surface area contributed by atoms with Gasteiger partial charge in [0.2, 0.25) is 0 Å². The molecule has 0 saturated carbocycles. The normalized spacial score (nSPS) is 21.3. The van der Waals surface area contributed by atoms with Crippen molar-refractivity contribution in [3.8, 4) is 0 Å². The van der Waals surface area contributed by atoms with Crippen molar-refractivity contribution in [3.63, 3.8) is 0 Å². The van der Waals surface area contributed by atoms with Crippen molar-refractivity contribution in [1.29, 1.82) is 0 Å². The van der Waals surface area contributed by atoms with E-state index < -0.39 is 35.3 Å². The largest absolute Gasteiger partial charge is 0.465 e. The highest BCUT2D eigenvalue weighted by atomic mass is 16.6. The van der Waals surface area contributed by atoms with Crippen molar-refractivity contribution in [2.45, 2.75) is 39.2 Å². The van der Waals surface area contributed by atoms with Gasteiger partial charge in [-0.25, -0.2) is 0 Å². The van der Waals surface area contributed by atoms with Gasteiger partial charge in [0.25, 0.3) is 0 Å². The third-order valence-electron chi connectivity index (χ3n) is 5.46. The highest BCUT2D eigenvalue weighted by molar-refractivity contribution is 6.04. The minimum Gasteiger partial charge on any atom is -0.465 e. The van der Waals surface area contributed by atoms with Crippen LogP contribution in [0.2, 0.25) is 0 Å². The van der Waals surface area contributed by atoms with E-state index in [4.69, 9.17) is 9.47 Å². The fourth-order valence-corrected chi connectivity index (χ4v) is 4.09. The Kier molecular flexibility index (Phi) is 5.87. The van der Waals surface area contributed by atoms with E-state index in [2.05, 4.69) is 0 Å². The standard InChI is InChI=1S/C24H26O5/c1-5-28-22(26)19-20(24(3,4)29-23(19)27)18(16-9-7-6-8-10-16)21(25)17-13-11-15(2)12-14-17/h6-14,18-20H,5H2,1-4H3. The molecule has 2 aromatic rings. The molecule has 0 amide bonds. The number of ether oxygens (including phenoxy) is 2. The smallest absolute Gasteiger partial charge is 0.321 e. The van der Waals surface area contributed by atoms with E-state index in [1.54, 1.807) is 32.9 Å². The van der Waals surface area contributed by atoms with Crippen LogP contribution in [-0.2, 0) is 19.1 Å². The fraction of sp³-hybridized carbons (Fsp3) is 0.375. The second kappa shape index (κ2) is 8.19. The quantitative estimate of drug-likeness (QED) is 0.419. The van der Waals surface area contributed by atoms with Crippen LogP contribution in [0.25, 0.3) is 0 Å². The topological polar surface area (TPSA) is 69.7 Å². The number of esters is 2. The molecule has 0 radical (unpaired) electrons. The van der Waals surface area contributed by atoms with E-state index in [1.165, 1.54) is 0 Å². The van der Waals surface area contributed by atoms with Gasteiger partial charge in [-0.05, 0) is 33.3 Å². The molecule has 5 heteroatoms. The first kappa shape index (κ1) is 20.8. The maximum absolute atomic E-state index is 13.6. The number of benzene rings is 2. The molecule has 5 nitrogen and oxygen atoms in total. The van der Waals surface area contributed by atoms with Crippen molar-refractivity contribution in [3.05, 3.63) is 71.3 Å². The van der Waals surface area contributed by atoms with Crippen LogP contribution in [0.1, 0.15) is 48.2 Å². The van der Waals surface area contributed by atoms with Crippen LogP contribution in [0, 0.1) is 18.8 Å². The number of Topliss-reactive ketones (excluding diaryl/α,β-unsaturated/α-hetero) is 1. The Hall–Kier alpha value is -2.95. The summed E-state index contributed by atoms with van der Waals surface area (Å²) in [5, 5.41) is 0. The van der Waals surface area contributed by atoms with E-state index in [1.807, 2.05) is 49.4 Å². The molecule has 3 rings (SSSR count). The number of carbonyl (C=O) groups is 3. The van der Waals surface area contributed by atoms with Gasteiger partial charge in [-0.1, -0.05) is 60.2 Å². The summed E-state index contributed by atoms with van der Waals surface area (Å²) in [6.07, 6.45) is 0. The number of hydrogen-bond acceptors (Lipinski definition) is 5. The number of carbonyl (C=O) groups excluding carboxylic acids is 3. The number of hydrogen-bond donors (Lipinski definition) is 0. The van der Waals surface area contributed by atoms with Crippen molar-refractivity contribution >= 4 is 17.7 Å². The van der Waals surface area contributed by atoms with Crippen molar-refractivity contribution in [2.24, 2.45) is 11.8 Å². The summed E-state index contributed by atoms with van der Waals surface area (Å²) in [7, 11) is 0. The first-order valence-corrected chi connectivity index (χ1v) is 9.81. The second-order valence-electron chi connectivity index (χ2n) is 7.90. The predicted octanol–water partition coefficient (Wildman–Crippen LogP) is 4.09. The third-order valence-corrected chi connectivity index (χ3v) is 5.46. The number of rotatable bonds is 6. The Morgan fingerprint density at radius 3 is 2.28 bits per heavy atom. The summed E-state index contributed by atoms with van der Waals surface area (Å²) in [5.41, 5.74) is 1.31. The van der Waals surface area contributed by atoms with E-state index >= 15 is 0 Å². The van der Waals surface area contributed by atoms with Crippen LogP contribution in [0.5, 0.6) is 0 Å². The van der Waals surface area contributed by atoms with Crippen LogP contribution in [0.3, 0.4) is 0 Å². The zero-order valence-electron chi connectivity index (χ0n) is 17.2. The first-order chi connectivity index (χ1) is 13.8. The lowest BCUT2D eigenvalue weighted by atomic mass is 9.69. The maximum atomic E-state index is 13.6. The maximum Gasteiger partial charge on any atom is 0.321 e. The minimum absolute atomic E-state index is 0.150. The van der Waals surface area contributed by atoms with Crippen LogP contribution in [0.15, 0.2) is 54.6 Å². The summed E-state index contributed by atoms with van der Waals surface area (Å²) >= 11 is 0. The lowest BCUT2D eigenvalue weighted by Gasteiger charge is -2.33. The third kappa shape index (κ3) is 4.09. The molecular weight excluding hydrogens is 368 g/mol. The number of cyclic esters (lactones) is 1. The molecule has 1 saturated heterocycles. The van der Waals surface area contributed by atoms with Gasteiger partial charge in [-0.15, -0.1) is 0 Å². The highest BCUT2D eigenvalue weighted by Gasteiger charge is 2.58. The highest BCUT2D eigenvalue weighted by Crippen LogP contribution is 2.47. The molecule has 0 spiro atoms. The molecule has 1 heterocycles. The fourth-order valence-electron chi connectivity index (χ4n) is 4.09. The second-order valence-corrected chi connectivity index (χ2v) is 7.90. The van der Waals surface area contributed by atoms with E-state index in [9.17, 15) is 14.4 Å². The molecule has 3 unspecified atom stereocenters. The molecular formula is C24H26O5. The van der Waals surface area contributed by atoms with Gasteiger partial charge in [-0.3, -0.25) is 14.4 Å². The Morgan fingerprint density at radius 2 is 1.69 bits per heavy atom. The molecule has 1 aliphatic heterocycles. The van der Waals surface area contributed by atoms with Crippen molar-refractivity contribution < 1.29 is 23.9 Å². The average Bonchev–Trinajstić information content (AvgIpc) is 2.92. The van der Waals surface area contributed by atoms with Gasteiger partial charge >= 0.3 is 11.9 Å². The van der Waals surface area contributed by atoms with Crippen molar-refractivity contribution in [2.75, 3.05) is 6.61 Å². The van der Waals surface area contributed by atoms with Crippen LogP contribution in [0.4, 0.5) is 0 Å². The molecule has 152 valence electrons. The van der Waals surface area contributed by atoms with Gasteiger partial charge < -0.3 is 9.47 Å². The van der Waals surface area contributed by atoms with Gasteiger partial charge in [0, 0.05) is 11.5 Å². The van der Waals surface area contributed by atoms with E-state index in [0.717, 1.165) is 11.1 Å². The average molecular weight is 394 g/mol. The van der Waals surface area contributed by atoms with Crippen LogP contribution < -0.4 is 0 Å². The summed E-state index contributed by atoms with van der Waals surface area (Å²) in [6, 6.07) is 16.5. The van der Waals surface area contributed by atoms with Gasteiger partial charge in [0.15, 0.2) is 11.7 Å². The lowest BCUT2D eigenvalue weighted by molar-refractivity contribution is -0.157. The zero-order valence-corrected chi connectivity index (χ0v) is 17.2.